The normalized spacial score (nSPS) is 15.7. The second-order valence-corrected chi connectivity index (χ2v) is 8.29. The number of carbonyl (C=O) groups excluding carboxylic acids is 1. The molecule has 0 aliphatic carbocycles. The van der Waals surface area contributed by atoms with E-state index in [9.17, 15) is 4.79 Å². The van der Waals surface area contributed by atoms with Gasteiger partial charge >= 0.3 is 0 Å². The van der Waals surface area contributed by atoms with Gasteiger partial charge in [-0.2, -0.15) is 0 Å². The van der Waals surface area contributed by atoms with Gasteiger partial charge in [-0.25, -0.2) is 4.98 Å². The first kappa shape index (κ1) is 21.2. The summed E-state index contributed by atoms with van der Waals surface area (Å²) in [7, 11) is 0. The van der Waals surface area contributed by atoms with E-state index < -0.39 is 0 Å². The van der Waals surface area contributed by atoms with Crippen LogP contribution in [0.1, 0.15) is 24.5 Å². The summed E-state index contributed by atoms with van der Waals surface area (Å²) in [6.07, 6.45) is 2.81. The van der Waals surface area contributed by atoms with Crippen LogP contribution in [0.25, 0.3) is 11.1 Å². The Bertz CT molecular complexity index is 1070. The molecule has 1 amide bonds. The minimum Gasteiger partial charge on any atom is -0.472 e. The first-order valence-corrected chi connectivity index (χ1v) is 10.8. The molecular formula is C25H26ClN3O2. The first-order valence-electron chi connectivity index (χ1n) is 10.5. The summed E-state index contributed by atoms with van der Waals surface area (Å²) >= 11 is 6.41. The largest absolute Gasteiger partial charge is 0.472 e. The maximum absolute atomic E-state index is 11.6. The van der Waals surface area contributed by atoms with Gasteiger partial charge in [0.1, 0.15) is 6.10 Å². The molecule has 1 aliphatic heterocycles. The SMILES string of the molecule is CC(=O)NCc1cc(-c2ccccc2Cl)ccc1N1CC[C@H](Oc2ccc(C)cn2)C1. The minimum atomic E-state index is -0.0535. The number of amides is 1. The molecule has 0 saturated carbocycles. The highest BCUT2D eigenvalue weighted by molar-refractivity contribution is 6.33. The number of hydrogen-bond donors (Lipinski definition) is 1. The van der Waals surface area contributed by atoms with Crippen LogP contribution in [0.4, 0.5) is 5.69 Å². The number of hydrogen-bond acceptors (Lipinski definition) is 4. The Balaban J connectivity index is 1.55. The Kier molecular flexibility index (Phi) is 6.42. The molecular weight excluding hydrogens is 410 g/mol. The van der Waals surface area contributed by atoms with Gasteiger partial charge in [0, 0.05) is 55.0 Å². The van der Waals surface area contributed by atoms with Gasteiger partial charge in [0.2, 0.25) is 11.8 Å². The number of rotatable bonds is 6. The van der Waals surface area contributed by atoms with Crippen LogP contribution >= 0.6 is 11.6 Å². The lowest BCUT2D eigenvalue weighted by Crippen LogP contribution is -2.27. The average Bonchev–Trinajstić information content (AvgIpc) is 3.22. The van der Waals surface area contributed by atoms with E-state index in [1.54, 1.807) is 0 Å². The zero-order chi connectivity index (χ0) is 21.8. The second kappa shape index (κ2) is 9.40. The van der Waals surface area contributed by atoms with Crippen molar-refractivity contribution < 1.29 is 9.53 Å². The van der Waals surface area contributed by atoms with Crippen LogP contribution in [-0.2, 0) is 11.3 Å². The van der Waals surface area contributed by atoms with E-state index in [0.29, 0.717) is 17.4 Å². The molecule has 4 rings (SSSR count). The Labute approximate surface area is 188 Å². The van der Waals surface area contributed by atoms with Gasteiger partial charge in [0.05, 0.1) is 6.54 Å². The number of halogens is 1. The summed E-state index contributed by atoms with van der Waals surface area (Å²) in [5.41, 5.74) is 5.29. The molecule has 1 N–H and O–H groups in total. The van der Waals surface area contributed by atoms with Crippen LogP contribution < -0.4 is 15.0 Å². The molecule has 0 unspecified atom stereocenters. The van der Waals surface area contributed by atoms with Gasteiger partial charge in [-0.3, -0.25) is 4.79 Å². The number of nitrogens with zero attached hydrogens (tertiary/aromatic N) is 2. The van der Waals surface area contributed by atoms with Crippen molar-refractivity contribution in [3.05, 3.63) is 76.9 Å². The highest BCUT2D eigenvalue weighted by atomic mass is 35.5. The van der Waals surface area contributed by atoms with Gasteiger partial charge in [0.25, 0.3) is 0 Å². The van der Waals surface area contributed by atoms with Crippen LogP contribution in [0.3, 0.4) is 0 Å². The predicted octanol–water partition coefficient (Wildman–Crippen LogP) is 5.00. The molecule has 0 radical (unpaired) electrons. The zero-order valence-corrected chi connectivity index (χ0v) is 18.5. The molecule has 1 saturated heterocycles. The Morgan fingerprint density at radius 2 is 2.06 bits per heavy atom. The fourth-order valence-corrected chi connectivity index (χ4v) is 4.10. The summed E-state index contributed by atoms with van der Waals surface area (Å²) in [6.45, 7) is 5.66. The van der Waals surface area contributed by atoms with Crippen molar-refractivity contribution in [2.75, 3.05) is 18.0 Å². The van der Waals surface area contributed by atoms with E-state index in [2.05, 4.69) is 33.4 Å². The molecule has 2 heterocycles. The molecule has 31 heavy (non-hydrogen) atoms. The van der Waals surface area contributed by atoms with E-state index in [4.69, 9.17) is 16.3 Å². The summed E-state index contributed by atoms with van der Waals surface area (Å²) < 4.78 is 6.09. The number of anilines is 1. The lowest BCUT2D eigenvalue weighted by atomic mass is 10.0. The van der Waals surface area contributed by atoms with Crippen LogP contribution in [0.5, 0.6) is 5.88 Å². The second-order valence-electron chi connectivity index (χ2n) is 7.88. The molecule has 6 heteroatoms. The standard InChI is InChI=1S/C25H26ClN3O2/c1-17-7-10-25(28-14-17)31-21-11-12-29(16-21)24-9-8-19(13-20(24)15-27-18(2)30)22-5-3-4-6-23(22)26/h3-10,13-14,21H,11-12,15-16H2,1-2H3,(H,27,30)/t21-/m0/s1. The third kappa shape index (κ3) is 5.17. The molecule has 1 aromatic heterocycles. The van der Waals surface area contributed by atoms with Crippen molar-refractivity contribution in [3.63, 3.8) is 0 Å². The fraction of sp³-hybridized carbons (Fsp3) is 0.280. The lowest BCUT2D eigenvalue weighted by molar-refractivity contribution is -0.119. The summed E-state index contributed by atoms with van der Waals surface area (Å²) in [6, 6.07) is 18.0. The number of ether oxygens (including phenoxy) is 1. The topological polar surface area (TPSA) is 54.5 Å². The number of aromatic nitrogens is 1. The lowest BCUT2D eigenvalue weighted by Gasteiger charge is -2.23. The molecule has 2 aromatic carbocycles. The number of pyridine rings is 1. The Morgan fingerprint density at radius 3 is 2.81 bits per heavy atom. The van der Waals surface area contributed by atoms with Crippen LogP contribution in [0.15, 0.2) is 60.8 Å². The molecule has 1 fully saturated rings. The van der Waals surface area contributed by atoms with Crippen molar-refractivity contribution in [3.8, 4) is 17.0 Å². The van der Waals surface area contributed by atoms with Gasteiger partial charge in [-0.15, -0.1) is 0 Å². The smallest absolute Gasteiger partial charge is 0.217 e. The van der Waals surface area contributed by atoms with Crippen LogP contribution in [0.2, 0.25) is 5.02 Å². The molecule has 160 valence electrons. The third-order valence-electron chi connectivity index (χ3n) is 5.45. The van der Waals surface area contributed by atoms with E-state index in [1.807, 2.05) is 49.5 Å². The quantitative estimate of drug-likeness (QED) is 0.591. The van der Waals surface area contributed by atoms with Crippen LogP contribution in [-0.4, -0.2) is 30.1 Å². The van der Waals surface area contributed by atoms with Crippen LogP contribution in [0, 0.1) is 6.92 Å². The highest BCUT2D eigenvalue weighted by Crippen LogP contribution is 2.33. The predicted molar refractivity (Wildman–Crippen MR) is 125 cm³/mol. The molecule has 3 aromatic rings. The van der Waals surface area contributed by atoms with E-state index in [0.717, 1.165) is 47.5 Å². The number of nitrogens with one attached hydrogen (secondary N) is 1. The number of carbonyl (C=O) groups is 1. The highest BCUT2D eigenvalue weighted by Gasteiger charge is 2.26. The first-order chi connectivity index (χ1) is 15.0. The van der Waals surface area contributed by atoms with Crippen molar-refractivity contribution in [2.45, 2.75) is 32.9 Å². The van der Waals surface area contributed by atoms with Crippen molar-refractivity contribution in [1.29, 1.82) is 0 Å². The average molecular weight is 436 g/mol. The third-order valence-corrected chi connectivity index (χ3v) is 5.78. The fourth-order valence-electron chi connectivity index (χ4n) is 3.86. The zero-order valence-electron chi connectivity index (χ0n) is 17.8. The van der Waals surface area contributed by atoms with Crippen molar-refractivity contribution in [2.24, 2.45) is 0 Å². The summed E-state index contributed by atoms with van der Waals surface area (Å²) in [5.74, 6) is 0.604. The molecule has 0 bridgehead atoms. The molecule has 5 nitrogen and oxygen atoms in total. The van der Waals surface area contributed by atoms with E-state index in [1.165, 1.54) is 6.92 Å². The minimum absolute atomic E-state index is 0.0535. The Morgan fingerprint density at radius 1 is 1.23 bits per heavy atom. The summed E-state index contributed by atoms with van der Waals surface area (Å²) in [4.78, 5) is 18.2. The van der Waals surface area contributed by atoms with E-state index >= 15 is 0 Å². The maximum atomic E-state index is 11.6. The van der Waals surface area contributed by atoms with Gasteiger partial charge in [-0.1, -0.05) is 41.9 Å². The number of aryl methyl sites for hydroxylation is 1. The summed E-state index contributed by atoms with van der Waals surface area (Å²) in [5, 5.41) is 3.64. The molecule has 0 spiro atoms. The van der Waals surface area contributed by atoms with Crippen molar-refractivity contribution >= 4 is 23.2 Å². The van der Waals surface area contributed by atoms with Gasteiger partial charge < -0.3 is 15.0 Å². The molecule has 1 aliphatic rings. The van der Waals surface area contributed by atoms with Crippen molar-refractivity contribution in [1.82, 2.24) is 10.3 Å². The van der Waals surface area contributed by atoms with E-state index in [-0.39, 0.29) is 12.0 Å². The molecule has 1 atom stereocenters. The number of benzene rings is 2. The monoisotopic (exact) mass is 435 g/mol. The maximum Gasteiger partial charge on any atom is 0.217 e. The van der Waals surface area contributed by atoms with Gasteiger partial charge in [0.15, 0.2) is 0 Å². The van der Waals surface area contributed by atoms with Gasteiger partial charge in [-0.05, 0) is 41.8 Å². The Hall–Kier alpha value is -3.05.